The standard InChI is InChI=1S/C26H33N3S.C23H26N3S.4HI/c1-5-18-29(3,4)19-10-16-28-17-15-21(22-11-6-7-12-23(22)28)20-26-27(2)24-13-8-9-14-25(24)30-26;1-24(2)14-8-15-26-16-13-18(19-9-4-5-10-20(19)26)17-23-25(3)21-11-6-7-12-22(21)27-23;;;;/h6-9,11-15,17,20H,5,10,16,18-19H2,1-4H3;4-7,9-13,16-17H,8,14-15H2,1-3H3;4*1H/q+2;+1;;;;/p-3. The molecule has 4 heterocycles. The van der Waals surface area contributed by atoms with Crippen LogP contribution >= 0.6 is 47.5 Å². The number of thioether (sulfide) groups is 2. The third-order valence-corrected chi connectivity index (χ3v) is 13.3. The minimum Gasteiger partial charge on any atom is -1.00 e. The maximum atomic E-state index is 2.42. The van der Waals surface area contributed by atoms with Crippen LogP contribution in [0.15, 0.2) is 141 Å². The summed E-state index contributed by atoms with van der Waals surface area (Å²) in [6.07, 6.45) is 12.7. The number of pyridine rings is 2. The highest BCUT2D eigenvalue weighted by Gasteiger charge is 2.24. The Kier molecular flexibility index (Phi) is 22.1. The molecule has 2 aliphatic heterocycles. The van der Waals surface area contributed by atoms with Crippen LogP contribution in [0, 0.1) is 0 Å². The van der Waals surface area contributed by atoms with Gasteiger partial charge < -0.3 is 91.1 Å². The number of hydrogen-bond acceptors (Lipinski definition) is 5. The topological polar surface area (TPSA) is 17.5 Å². The van der Waals surface area contributed by atoms with E-state index in [0.717, 1.165) is 30.5 Å². The van der Waals surface area contributed by atoms with E-state index < -0.39 is 0 Å². The van der Waals surface area contributed by atoms with Crippen molar-refractivity contribution in [1.82, 2.24) is 4.90 Å². The van der Waals surface area contributed by atoms with E-state index in [4.69, 9.17) is 0 Å². The molecule has 0 atom stereocenters. The van der Waals surface area contributed by atoms with Crippen LogP contribution in [-0.4, -0.2) is 71.3 Å². The predicted octanol–water partition coefficient (Wildman–Crippen LogP) is 1.79. The minimum absolute atomic E-state index is 0. The summed E-state index contributed by atoms with van der Waals surface area (Å²) >= 11 is 3.69. The number of halogens is 4. The number of hydrogen-bond donors (Lipinski definition) is 0. The number of aromatic nitrogens is 2. The molecule has 326 valence electrons. The number of nitrogens with zero attached hydrogens (tertiary/aromatic N) is 6. The summed E-state index contributed by atoms with van der Waals surface area (Å²) in [5.74, 6) is 0. The molecule has 0 saturated heterocycles. The first-order valence-electron chi connectivity index (χ1n) is 20.4. The first-order chi connectivity index (χ1) is 27.6. The lowest BCUT2D eigenvalue weighted by molar-refractivity contribution is -0.892. The molecule has 2 aliphatic rings. The Morgan fingerprint density at radius 3 is 1.46 bits per heavy atom. The average Bonchev–Trinajstić information content (AvgIpc) is 3.70. The van der Waals surface area contributed by atoms with Crippen LogP contribution in [0.3, 0.4) is 0 Å². The third kappa shape index (κ3) is 13.4. The summed E-state index contributed by atoms with van der Waals surface area (Å²) in [6.45, 7) is 7.92. The highest BCUT2D eigenvalue weighted by molar-refractivity contribution is 14.0. The summed E-state index contributed by atoms with van der Waals surface area (Å²) in [7, 11) is 13.3. The molecule has 4 aromatic carbocycles. The van der Waals surface area contributed by atoms with E-state index in [-0.39, 0.29) is 95.9 Å². The number of rotatable bonds is 12. The fourth-order valence-corrected chi connectivity index (χ4v) is 10.2. The maximum Gasteiger partial charge on any atom is 0.213 e. The number of para-hydroxylation sites is 4. The molecule has 2 aromatic heterocycles. The quantitative estimate of drug-likeness (QED) is 0.106. The number of aryl methyl sites for hydroxylation is 2. The van der Waals surface area contributed by atoms with Gasteiger partial charge in [-0.05, 0) is 80.2 Å². The molecule has 61 heavy (non-hydrogen) atoms. The van der Waals surface area contributed by atoms with E-state index in [1.54, 1.807) is 0 Å². The summed E-state index contributed by atoms with van der Waals surface area (Å²) in [6, 6.07) is 39.3. The predicted molar refractivity (Wildman–Crippen MR) is 261 cm³/mol. The summed E-state index contributed by atoms with van der Waals surface area (Å²) in [4.78, 5) is 9.47. The Morgan fingerprint density at radius 2 is 1.02 bits per heavy atom. The van der Waals surface area contributed by atoms with Gasteiger partial charge in [-0.1, -0.05) is 79.0 Å². The molecule has 0 fully saturated rings. The molecule has 8 rings (SSSR count). The maximum absolute atomic E-state index is 2.42. The van der Waals surface area contributed by atoms with Gasteiger partial charge in [0.1, 0.15) is 6.54 Å². The van der Waals surface area contributed by atoms with Gasteiger partial charge in [0.2, 0.25) is 11.0 Å². The van der Waals surface area contributed by atoms with E-state index in [1.807, 2.05) is 23.5 Å². The molecule has 0 aliphatic carbocycles. The monoisotopic (exact) mass is 1300 g/mol. The Bertz CT molecular complexity index is 2420. The largest absolute Gasteiger partial charge is 1.00 e. The molecule has 6 nitrogen and oxygen atoms in total. The lowest BCUT2D eigenvalue weighted by atomic mass is 10.1. The van der Waals surface area contributed by atoms with Gasteiger partial charge in [-0.2, -0.15) is 9.13 Å². The average molecular weight is 1300 g/mol. The first kappa shape index (κ1) is 53.7. The lowest BCUT2D eigenvalue weighted by Crippen LogP contribution is -3.00. The van der Waals surface area contributed by atoms with Gasteiger partial charge >= 0.3 is 0 Å². The lowest BCUT2D eigenvalue weighted by Gasteiger charge is -2.28. The SMILES string of the molecule is CCC[N+](C)(C)CCC[n+]1ccc(C=C2Sc3ccccc3N2C)c2ccccc21.CN(C)CCC[n+]1ccc(C=C2Sc3ccccc3N2C)c2ccccc21.I.[I-].[I-].[I-]. The molecule has 0 amide bonds. The van der Waals surface area contributed by atoms with Crippen molar-refractivity contribution in [1.29, 1.82) is 0 Å². The molecule has 0 spiro atoms. The number of quaternary nitrogens is 1. The van der Waals surface area contributed by atoms with Crippen molar-refractivity contribution in [3.05, 3.63) is 143 Å². The van der Waals surface area contributed by atoms with Gasteiger partial charge in [-0.25, -0.2) is 0 Å². The van der Waals surface area contributed by atoms with Crippen molar-refractivity contribution in [2.45, 2.75) is 49.1 Å². The van der Waals surface area contributed by atoms with Crippen LogP contribution in [0.25, 0.3) is 34.0 Å². The fraction of sp³-hybridized carbons (Fsp3) is 0.306. The van der Waals surface area contributed by atoms with Gasteiger partial charge in [-0.3, -0.25) is 0 Å². The minimum atomic E-state index is 0. The van der Waals surface area contributed by atoms with Crippen LogP contribution in [-0.2, 0) is 13.1 Å². The molecule has 12 heteroatoms. The second-order valence-corrected chi connectivity index (χ2v) is 18.2. The Hall–Kier alpha value is -1.68. The first-order valence-corrected chi connectivity index (χ1v) is 22.0. The molecule has 0 unspecified atom stereocenters. The zero-order valence-corrected chi connectivity index (χ0v) is 46.8. The van der Waals surface area contributed by atoms with E-state index in [0.29, 0.717) is 0 Å². The summed E-state index contributed by atoms with van der Waals surface area (Å²) in [5, 5.41) is 5.17. The van der Waals surface area contributed by atoms with Gasteiger partial charge in [-0.15, -0.1) is 24.0 Å². The third-order valence-electron chi connectivity index (χ3n) is 11.0. The normalized spacial score (nSPS) is 14.2. The van der Waals surface area contributed by atoms with Crippen molar-refractivity contribution in [2.24, 2.45) is 0 Å². The van der Waals surface area contributed by atoms with Crippen LogP contribution in [0.2, 0.25) is 0 Å². The van der Waals surface area contributed by atoms with Crippen molar-refractivity contribution in [2.75, 3.05) is 71.7 Å². The van der Waals surface area contributed by atoms with E-state index in [2.05, 4.69) is 207 Å². The van der Waals surface area contributed by atoms with Crippen molar-refractivity contribution >= 4 is 92.8 Å². The molecule has 6 aromatic rings. The van der Waals surface area contributed by atoms with Crippen molar-refractivity contribution in [3.63, 3.8) is 0 Å². The second-order valence-electron chi connectivity index (χ2n) is 16.1. The highest BCUT2D eigenvalue weighted by atomic mass is 127. The van der Waals surface area contributed by atoms with Crippen LogP contribution in [0.5, 0.6) is 0 Å². The number of benzene rings is 4. The Balaban J connectivity index is 0.000000307. The molecule has 0 bridgehead atoms. The molecular formula is C49H60I4N6S2. The zero-order chi connectivity index (χ0) is 39.9. The van der Waals surface area contributed by atoms with Crippen LogP contribution in [0.4, 0.5) is 11.4 Å². The van der Waals surface area contributed by atoms with Crippen LogP contribution in [0.1, 0.15) is 37.3 Å². The number of anilines is 2. The Labute approximate surface area is 441 Å². The van der Waals surface area contributed by atoms with Crippen LogP contribution < -0.4 is 90.9 Å². The number of fused-ring (bicyclic) bond motifs is 4. The van der Waals surface area contributed by atoms with E-state index >= 15 is 0 Å². The van der Waals surface area contributed by atoms with Gasteiger partial charge in [0.15, 0.2) is 18.9 Å². The van der Waals surface area contributed by atoms with Crippen molar-refractivity contribution in [3.8, 4) is 0 Å². The van der Waals surface area contributed by atoms with Crippen molar-refractivity contribution < 1.29 is 85.5 Å². The molecular weight excluding hydrogens is 1240 g/mol. The molecule has 0 N–H and O–H groups in total. The second kappa shape index (κ2) is 25.1. The van der Waals surface area contributed by atoms with E-state index in [1.165, 1.54) is 90.1 Å². The van der Waals surface area contributed by atoms with Gasteiger partial charge in [0, 0.05) is 61.1 Å². The smallest absolute Gasteiger partial charge is 0.213 e. The Morgan fingerprint density at radius 1 is 0.590 bits per heavy atom. The molecule has 0 radical (unpaired) electrons. The molecule has 0 saturated carbocycles. The van der Waals surface area contributed by atoms with E-state index in [9.17, 15) is 0 Å². The summed E-state index contributed by atoms with van der Waals surface area (Å²) < 4.78 is 5.90. The summed E-state index contributed by atoms with van der Waals surface area (Å²) in [5.41, 5.74) is 7.75. The van der Waals surface area contributed by atoms with Gasteiger partial charge in [0.05, 0.1) is 65.8 Å². The van der Waals surface area contributed by atoms with Gasteiger partial charge in [0.25, 0.3) is 0 Å². The highest BCUT2D eigenvalue weighted by Crippen LogP contribution is 2.46. The zero-order valence-electron chi connectivity index (χ0n) is 36.4. The fourth-order valence-electron chi connectivity index (χ4n) is 7.96.